The molecule has 0 saturated heterocycles. The van der Waals surface area contributed by atoms with E-state index < -0.39 is 0 Å². The van der Waals surface area contributed by atoms with Crippen LogP contribution in [0.5, 0.6) is 0 Å². The van der Waals surface area contributed by atoms with Gasteiger partial charge in [-0.15, -0.1) is 11.3 Å². The second-order valence-electron chi connectivity index (χ2n) is 3.16. The molecule has 2 heterocycles. The molecule has 0 unspecified atom stereocenters. The molecule has 84 valence electrons. The predicted molar refractivity (Wildman–Crippen MR) is 62.4 cm³/mol. The SMILES string of the molecule is CCc1cc(NC(=O)c2csc(N)n2)n[nH]1. The Balaban J connectivity index is 2.07. The summed E-state index contributed by atoms with van der Waals surface area (Å²) in [6.45, 7) is 2.00. The van der Waals surface area contributed by atoms with E-state index in [1.165, 1.54) is 11.3 Å². The van der Waals surface area contributed by atoms with Gasteiger partial charge in [-0.1, -0.05) is 6.92 Å². The van der Waals surface area contributed by atoms with Crippen LogP contribution in [0, 0.1) is 0 Å². The average Bonchev–Trinajstić information content (AvgIpc) is 2.87. The van der Waals surface area contributed by atoms with E-state index in [1.54, 1.807) is 11.4 Å². The maximum absolute atomic E-state index is 11.6. The number of anilines is 2. The van der Waals surface area contributed by atoms with Crippen molar-refractivity contribution in [1.29, 1.82) is 0 Å². The number of nitrogen functional groups attached to an aromatic ring is 1. The number of H-pyrrole nitrogens is 1. The van der Waals surface area contributed by atoms with E-state index in [0.717, 1.165) is 12.1 Å². The molecule has 0 saturated carbocycles. The lowest BCUT2D eigenvalue weighted by Crippen LogP contribution is -2.12. The first-order chi connectivity index (χ1) is 7.69. The van der Waals surface area contributed by atoms with Crippen molar-refractivity contribution in [2.45, 2.75) is 13.3 Å². The molecule has 0 aliphatic carbocycles. The topological polar surface area (TPSA) is 96.7 Å². The fourth-order valence-corrected chi connectivity index (χ4v) is 1.72. The number of rotatable bonds is 3. The van der Waals surface area contributed by atoms with Gasteiger partial charge in [-0.25, -0.2) is 4.98 Å². The number of nitrogens with two attached hydrogens (primary N) is 1. The van der Waals surface area contributed by atoms with Crippen molar-refractivity contribution >= 4 is 28.2 Å². The summed E-state index contributed by atoms with van der Waals surface area (Å²) in [5.41, 5.74) is 6.72. The Kier molecular flexibility index (Phi) is 2.86. The number of amides is 1. The highest BCUT2D eigenvalue weighted by Gasteiger charge is 2.11. The minimum atomic E-state index is -0.304. The number of hydrogen-bond donors (Lipinski definition) is 3. The largest absolute Gasteiger partial charge is 0.375 e. The molecule has 0 radical (unpaired) electrons. The number of nitrogens with one attached hydrogen (secondary N) is 2. The first-order valence-electron chi connectivity index (χ1n) is 4.75. The number of aromatic amines is 1. The van der Waals surface area contributed by atoms with E-state index in [4.69, 9.17) is 5.73 Å². The average molecular weight is 237 g/mol. The fourth-order valence-electron chi connectivity index (χ4n) is 1.18. The Morgan fingerprint density at radius 2 is 2.50 bits per heavy atom. The van der Waals surface area contributed by atoms with Crippen LogP contribution in [-0.2, 0) is 6.42 Å². The summed E-state index contributed by atoms with van der Waals surface area (Å²) in [7, 11) is 0. The van der Waals surface area contributed by atoms with Crippen molar-refractivity contribution in [3.8, 4) is 0 Å². The number of aromatic nitrogens is 3. The molecule has 2 rings (SSSR count). The maximum atomic E-state index is 11.6. The molecule has 4 N–H and O–H groups in total. The molecule has 2 aromatic rings. The smallest absolute Gasteiger partial charge is 0.276 e. The normalized spacial score (nSPS) is 10.3. The van der Waals surface area contributed by atoms with E-state index in [2.05, 4.69) is 20.5 Å². The quantitative estimate of drug-likeness (QED) is 0.748. The van der Waals surface area contributed by atoms with Crippen molar-refractivity contribution < 1.29 is 4.79 Å². The second-order valence-corrected chi connectivity index (χ2v) is 4.05. The summed E-state index contributed by atoms with van der Waals surface area (Å²) in [6.07, 6.45) is 0.840. The number of carbonyl (C=O) groups is 1. The van der Waals surface area contributed by atoms with Gasteiger partial charge in [0.15, 0.2) is 10.9 Å². The van der Waals surface area contributed by atoms with E-state index >= 15 is 0 Å². The second kappa shape index (κ2) is 4.31. The fraction of sp³-hybridized carbons (Fsp3) is 0.222. The molecule has 0 aliphatic heterocycles. The highest BCUT2D eigenvalue weighted by molar-refractivity contribution is 7.13. The van der Waals surface area contributed by atoms with Crippen molar-refractivity contribution in [3.05, 3.63) is 22.8 Å². The first kappa shape index (κ1) is 10.6. The molecule has 1 amide bonds. The molecule has 0 atom stereocenters. The third-order valence-electron chi connectivity index (χ3n) is 2.01. The summed E-state index contributed by atoms with van der Waals surface area (Å²) in [6, 6.07) is 1.79. The molecule has 0 aliphatic rings. The zero-order valence-corrected chi connectivity index (χ0v) is 9.47. The third-order valence-corrected chi connectivity index (χ3v) is 2.68. The van der Waals surface area contributed by atoms with Crippen LogP contribution in [0.25, 0.3) is 0 Å². The molecule has 0 spiro atoms. The Morgan fingerprint density at radius 3 is 3.06 bits per heavy atom. The monoisotopic (exact) mass is 237 g/mol. The molecule has 0 bridgehead atoms. The van der Waals surface area contributed by atoms with Crippen LogP contribution in [0.2, 0.25) is 0 Å². The number of nitrogens with zero attached hydrogens (tertiary/aromatic N) is 2. The molecule has 0 aromatic carbocycles. The molecule has 0 fully saturated rings. The summed E-state index contributed by atoms with van der Waals surface area (Å²) in [4.78, 5) is 15.5. The van der Waals surface area contributed by atoms with Gasteiger partial charge in [0.25, 0.3) is 5.91 Å². The molecule has 7 heteroatoms. The molecular weight excluding hydrogens is 226 g/mol. The standard InChI is InChI=1S/C9H11N5OS/c1-2-5-3-7(14-13-5)12-8(15)6-4-16-9(10)11-6/h3-4H,2H2,1H3,(H2,10,11)(H2,12,13,14,15). The van der Waals surface area contributed by atoms with Crippen molar-refractivity contribution in [1.82, 2.24) is 15.2 Å². The lowest BCUT2D eigenvalue weighted by Gasteiger charge is -1.96. The summed E-state index contributed by atoms with van der Waals surface area (Å²) in [5, 5.41) is 11.4. The maximum Gasteiger partial charge on any atom is 0.276 e. The summed E-state index contributed by atoms with van der Waals surface area (Å²) < 4.78 is 0. The lowest BCUT2D eigenvalue weighted by molar-refractivity contribution is 0.102. The molecule has 16 heavy (non-hydrogen) atoms. The molecule has 2 aromatic heterocycles. The van der Waals surface area contributed by atoms with Crippen LogP contribution in [0.3, 0.4) is 0 Å². The van der Waals surface area contributed by atoms with E-state index in [1.807, 2.05) is 6.92 Å². The van der Waals surface area contributed by atoms with Gasteiger partial charge >= 0.3 is 0 Å². The van der Waals surface area contributed by atoms with Gasteiger partial charge in [-0.3, -0.25) is 9.89 Å². The van der Waals surface area contributed by atoms with Gasteiger partial charge in [0.05, 0.1) is 0 Å². The number of hydrogen-bond acceptors (Lipinski definition) is 5. The van der Waals surface area contributed by atoms with Gasteiger partial charge in [0, 0.05) is 17.1 Å². The van der Waals surface area contributed by atoms with E-state index in [-0.39, 0.29) is 5.91 Å². The Morgan fingerprint density at radius 1 is 1.69 bits per heavy atom. The summed E-state index contributed by atoms with van der Waals surface area (Å²) in [5.74, 6) is 0.190. The molecular formula is C9H11N5OS. The van der Waals surface area contributed by atoms with Crippen LogP contribution < -0.4 is 11.1 Å². The van der Waals surface area contributed by atoms with E-state index in [0.29, 0.717) is 16.6 Å². The Labute approximate surface area is 95.9 Å². The third kappa shape index (κ3) is 2.19. The van der Waals surface area contributed by atoms with Crippen LogP contribution in [-0.4, -0.2) is 21.1 Å². The van der Waals surface area contributed by atoms with Crippen LogP contribution in [0.1, 0.15) is 23.1 Å². The van der Waals surface area contributed by atoms with Gasteiger partial charge in [-0.05, 0) is 6.42 Å². The Hall–Kier alpha value is -1.89. The minimum absolute atomic E-state index is 0.304. The van der Waals surface area contributed by atoms with Crippen molar-refractivity contribution in [3.63, 3.8) is 0 Å². The number of carbonyl (C=O) groups excluding carboxylic acids is 1. The number of aryl methyl sites for hydroxylation is 1. The van der Waals surface area contributed by atoms with Crippen molar-refractivity contribution in [2.24, 2.45) is 0 Å². The van der Waals surface area contributed by atoms with Crippen LogP contribution in [0.15, 0.2) is 11.4 Å². The van der Waals surface area contributed by atoms with Gasteiger partial charge in [0.2, 0.25) is 0 Å². The number of thiazole rings is 1. The lowest BCUT2D eigenvalue weighted by atomic mass is 10.3. The van der Waals surface area contributed by atoms with Gasteiger partial charge in [0.1, 0.15) is 5.69 Å². The minimum Gasteiger partial charge on any atom is -0.375 e. The van der Waals surface area contributed by atoms with Crippen molar-refractivity contribution in [2.75, 3.05) is 11.1 Å². The predicted octanol–water partition coefficient (Wildman–Crippen LogP) is 1.26. The zero-order chi connectivity index (χ0) is 11.5. The summed E-state index contributed by atoms with van der Waals surface area (Å²) >= 11 is 1.23. The van der Waals surface area contributed by atoms with E-state index in [9.17, 15) is 4.79 Å². The van der Waals surface area contributed by atoms with Crippen LogP contribution in [0.4, 0.5) is 10.9 Å². The highest BCUT2D eigenvalue weighted by atomic mass is 32.1. The molecule has 6 nitrogen and oxygen atoms in total. The zero-order valence-electron chi connectivity index (χ0n) is 8.65. The van der Waals surface area contributed by atoms with Gasteiger partial charge < -0.3 is 11.1 Å². The van der Waals surface area contributed by atoms with Crippen LogP contribution >= 0.6 is 11.3 Å². The Bertz CT molecular complexity index is 503. The highest BCUT2D eigenvalue weighted by Crippen LogP contribution is 2.13. The van der Waals surface area contributed by atoms with Gasteiger partial charge in [-0.2, -0.15) is 5.10 Å². The first-order valence-corrected chi connectivity index (χ1v) is 5.63.